The first-order chi connectivity index (χ1) is 13.6. The molecule has 2 aromatic rings. The van der Waals surface area contributed by atoms with Gasteiger partial charge in [0, 0.05) is 44.8 Å². The first-order valence-electron chi connectivity index (χ1n) is 9.75. The van der Waals surface area contributed by atoms with E-state index in [2.05, 4.69) is 53.0 Å². The van der Waals surface area contributed by atoms with Gasteiger partial charge in [-0.1, -0.05) is 36.9 Å². The Hall–Kier alpha value is -2.63. The van der Waals surface area contributed by atoms with Gasteiger partial charge in [0.05, 0.1) is 0 Å². The normalized spacial score (nSPS) is 15.2. The number of carbonyl (C=O) groups excluding carboxylic acids is 1. The van der Waals surface area contributed by atoms with E-state index in [1.165, 1.54) is 5.56 Å². The van der Waals surface area contributed by atoms with Crippen LogP contribution in [0.4, 0.5) is 0 Å². The Bertz CT molecular complexity index is 781. The van der Waals surface area contributed by atoms with Crippen molar-refractivity contribution in [3.8, 4) is 5.75 Å². The van der Waals surface area contributed by atoms with E-state index < -0.39 is 0 Å². The lowest BCUT2D eigenvalue weighted by atomic mass is 10.1. The third-order valence-electron chi connectivity index (χ3n) is 4.93. The van der Waals surface area contributed by atoms with E-state index in [4.69, 9.17) is 4.74 Å². The molecule has 1 aliphatic heterocycles. The summed E-state index contributed by atoms with van der Waals surface area (Å²) in [5, 5.41) is 3.00. The van der Waals surface area contributed by atoms with E-state index in [0.29, 0.717) is 18.7 Å². The maximum absolute atomic E-state index is 12.4. The number of ether oxygens (including phenoxy) is 1. The molecule has 28 heavy (non-hydrogen) atoms. The Morgan fingerprint density at radius 2 is 1.82 bits per heavy atom. The molecule has 0 saturated carbocycles. The van der Waals surface area contributed by atoms with Crippen LogP contribution in [0.15, 0.2) is 61.2 Å². The number of hydrogen-bond acceptors (Lipinski definition) is 4. The number of nitrogens with one attached hydrogen (secondary N) is 1. The minimum Gasteiger partial charge on any atom is -0.490 e. The summed E-state index contributed by atoms with van der Waals surface area (Å²) in [4.78, 5) is 17.2. The summed E-state index contributed by atoms with van der Waals surface area (Å²) in [5.74, 6) is 0.646. The van der Waals surface area contributed by atoms with Crippen molar-refractivity contribution in [1.29, 1.82) is 0 Å². The summed E-state index contributed by atoms with van der Waals surface area (Å²) in [6.07, 6.45) is 1.69. The molecule has 2 aromatic carbocycles. The summed E-state index contributed by atoms with van der Waals surface area (Å²) in [6.45, 7) is 9.99. The topological polar surface area (TPSA) is 44.8 Å². The van der Waals surface area contributed by atoms with E-state index in [-0.39, 0.29) is 5.91 Å². The largest absolute Gasteiger partial charge is 0.490 e. The predicted molar refractivity (Wildman–Crippen MR) is 113 cm³/mol. The van der Waals surface area contributed by atoms with Crippen molar-refractivity contribution in [3.63, 3.8) is 0 Å². The van der Waals surface area contributed by atoms with Crippen molar-refractivity contribution in [2.45, 2.75) is 13.1 Å². The maximum Gasteiger partial charge on any atom is 0.251 e. The second kappa shape index (κ2) is 10.1. The fraction of sp³-hybridized carbons (Fsp3) is 0.348. The molecule has 0 spiro atoms. The van der Waals surface area contributed by atoms with E-state index in [9.17, 15) is 4.79 Å². The van der Waals surface area contributed by atoms with Gasteiger partial charge in [0.2, 0.25) is 0 Å². The highest BCUT2D eigenvalue weighted by Crippen LogP contribution is 2.13. The Morgan fingerprint density at radius 1 is 1.11 bits per heavy atom. The standard InChI is InChI=1S/C23H29N3O2/c1-3-15-28-22-9-7-21(8-10-22)23(27)24-17-19-5-4-6-20(16-19)18-26-13-11-25(2)12-14-26/h3-10,16H,1,11-15,17-18H2,2H3,(H,24,27). The SMILES string of the molecule is C=CCOc1ccc(C(=O)NCc2cccc(CN3CCN(C)CC3)c2)cc1. The Labute approximate surface area is 167 Å². The van der Waals surface area contributed by atoms with Crippen LogP contribution in [-0.2, 0) is 13.1 Å². The number of piperazine rings is 1. The van der Waals surface area contributed by atoms with Gasteiger partial charge in [0.1, 0.15) is 12.4 Å². The molecule has 1 amide bonds. The third-order valence-corrected chi connectivity index (χ3v) is 4.93. The Kier molecular flexibility index (Phi) is 7.23. The second-order valence-corrected chi connectivity index (χ2v) is 7.21. The van der Waals surface area contributed by atoms with Crippen LogP contribution in [-0.4, -0.2) is 55.5 Å². The fourth-order valence-electron chi connectivity index (χ4n) is 3.24. The Morgan fingerprint density at radius 3 is 2.54 bits per heavy atom. The van der Waals surface area contributed by atoms with Crippen LogP contribution in [0.2, 0.25) is 0 Å². The van der Waals surface area contributed by atoms with Crippen LogP contribution in [0.5, 0.6) is 5.75 Å². The van der Waals surface area contributed by atoms with Crippen LogP contribution < -0.4 is 10.1 Å². The van der Waals surface area contributed by atoms with Crippen molar-refractivity contribution in [2.75, 3.05) is 39.8 Å². The zero-order valence-electron chi connectivity index (χ0n) is 16.6. The van der Waals surface area contributed by atoms with Gasteiger partial charge in [-0.05, 0) is 42.4 Å². The smallest absolute Gasteiger partial charge is 0.251 e. The van der Waals surface area contributed by atoms with Gasteiger partial charge in [-0.15, -0.1) is 0 Å². The van der Waals surface area contributed by atoms with Crippen LogP contribution >= 0.6 is 0 Å². The lowest BCUT2D eigenvalue weighted by Crippen LogP contribution is -2.43. The lowest BCUT2D eigenvalue weighted by molar-refractivity contribution is 0.0951. The molecule has 1 saturated heterocycles. The number of nitrogens with zero attached hydrogens (tertiary/aromatic N) is 2. The monoisotopic (exact) mass is 379 g/mol. The molecule has 5 heteroatoms. The third kappa shape index (κ3) is 5.94. The summed E-state index contributed by atoms with van der Waals surface area (Å²) in [5.41, 5.74) is 3.03. The summed E-state index contributed by atoms with van der Waals surface area (Å²) < 4.78 is 5.44. The molecule has 0 bridgehead atoms. The molecule has 0 aliphatic carbocycles. The molecule has 148 valence electrons. The molecule has 1 N–H and O–H groups in total. The quantitative estimate of drug-likeness (QED) is 0.717. The molecule has 5 nitrogen and oxygen atoms in total. The Balaban J connectivity index is 1.51. The molecular formula is C23H29N3O2. The van der Waals surface area contributed by atoms with Gasteiger partial charge in [-0.2, -0.15) is 0 Å². The molecular weight excluding hydrogens is 350 g/mol. The number of carbonyl (C=O) groups is 1. The highest BCUT2D eigenvalue weighted by atomic mass is 16.5. The van der Waals surface area contributed by atoms with Crippen LogP contribution in [0.3, 0.4) is 0 Å². The van der Waals surface area contributed by atoms with Gasteiger partial charge in [-0.3, -0.25) is 9.69 Å². The first kappa shape index (κ1) is 20.1. The van der Waals surface area contributed by atoms with Crippen molar-refractivity contribution < 1.29 is 9.53 Å². The average molecular weight is 380 g/mol. The van der Waals surface area contributed by atoms with Crippen molar-refractivity contribution >= 4 is 5.91 Å². The first-order valence-corrected chi connectivity index (χ1v) is 9.75. The molecule has 0 aromatic heterocycles. The molecule has 1 aliphatic rings. The molecule has 0 atom stereocenters. The van der Waals surface area contributed by atoms with Gasteiger partial charge in [0.25, 0.3) is 5.91 Å². The van der Waals surface area contributed by atoms with Crippen molar-refractivity contribution in [3.05, 3.63) is 77.9 Å². The lowest BCUT2D eigenvalue weighted by Gasteiger charge is -2.32. The number of rotatable bonds is 8. The highest BCUT2D eigenvalue weighted by molar-refractivity contribution is 5.94. The zero-order chi connectivity index (χ0) is 19.8. The minimum absolute atomic E-state index is 0.0836. The summed E-state index contributed by atoms with van der Waals surface area (Å²) in [7, 11) is 2.17. The summed E-state index contributed by atoms with van der Waals surface area (Å²) in [6, 6.07) is 15.6. The van der Waals surface area contributed by atoms with E-state index >= 15 is 0 Å². The van der Waals surface area contributed by atoms with Crippen LogP contribution in [0.25, 0.3) is 0 Å². The van der Waals surface area contributed by atoms with Crippen molar-refractivity contribution in [1.82, 2.24) is 15.1 Å². The number of amides is 1. The highest BCUT2D eigenvalue weighted by Gasteiger charge is 2.14. The number of benzene rings is 2. The van der Waals surface area contributed by atoms with E-state index in [1.807, 2.05) is 0 Å². The van der Waals surface area contributed by atoms with Crippen LogP contribution in [0.1, 0.15) is 21.5 Å². The minimum atomic E-state index is -0.0836. The van der Waals surface area contributed by atoms with Crippen molar-refractivity contribution in [2.24, 2.45) is 0 Å². The summed E-state index contributed by atoms with van der Waals surface area (Å²) >= 11 is 0. The maximum atomic E-state index is 12.4. The predicted octanol–water partition coefficient (Wildman–Crippen LogP) is 2.93. The van der Waals surface area contributed by atoms with Gasteiger partial charge < -0.3 is 15.0 Å². The van der Waals surface area contributed by atoms with E-state index in [1.54, 1.807) is 30.3 Å². The average Bonchev–Trinajstić information content (AvgIpc) is 2.73. The number of hydrogen-bond donors (Lipinski definition) is 1. The fourth-order valence-corrected chi connectivity index (χ4v) is 3.24. The van der Waals surface area contributed by atoms with Gasteiger partial charge in [-0.25, -0.2) is 0 Å². The zero-order valence-corrected chi connectivity index (χ0v) is 16.6. The molecule has 1 heterocycles. The molecule has 1 fully saturated rings. The molecule has 3 rings (SSSR count). The molecule has 0 unspecified atom stereocenters. The number of likely N-dealkylation sites (N-methyl/N-ethyl adjacent to an activating group) is 1. The second-order valence-electron chi connectivity index (χ2n) is 7.21. The van der Waals surface area contributed by atoms with Crippen LogP contribution in [0, 0.1) is 0 Å². The van der Waals surface area contributed by atoms with Gasteiger partial charge in [0.15, 0.2) is 0 Å². The van der Waals surface area contributed by atoms with Gasteiger partial charge >= 0.3 is 0 Å². The molecule has 0 radical (unpaired) electrons. The van der Waals surface area contributed by atoms with E-state index in [0.717, 1.165) is 44.0 Å².